The second-order valence-electron chi connectivity index (χ2n) is 5.58. The summed E-state index contributed by atoms with van der Waals surface area (Å²) in [6.45, 7) is 5.34. The Bertz CT molecular complexity index is 393. The SMILES string of the molecule is CCCN(c1nc(C)ns1)C1CC2CCC(C1)N2. The van der Waals surface area contributed by atoms with Crippen LogP contribution in [0.2, 0.25) is 0 Å². The molecule has 2 saturated heterocycles. The van der Waals surface area contributed by atoms with Crippen molar-refractivity contribution in [1.82, 2.24) is 14.7 Å². The Morgan fingerprint density at radius 2 is 2.06 bits per heavy atom. The van der Waals surface area contributed by atoms with E-state index in [-0.39, 0.29) is 0 Å². The van der Waals surface area contributed by atoms with Crippen LogP contribution in [0.4, 0.5) is 5.13 Å². The van der Waals surface area contributed by atoms with Crippen LogP contribution in [-0.2, 0) is 0 Å². The second kappa shape index (κ2) is 5.13. The van der Waals surface area contributed by atoms with Gasteiger partial charge in [-0.2, -0.15) is 4.37 Å². The average Bonchev–Trinajstić information content (AvgIpc) is 2.92. The highest BCUT2D eigenvalue weighted by atomic mass is 32.1. The largest absolute Gasteiger partial charge is 0.344 e. The fourth-order valence-electron chi connectivity index (χ4n) is 3.36. The predicted octanol–water partition coefficient (Wildman–Crippen LogP) is 2.35. The van der Waals surface area contributed by atoms with Gasteiger partial charge >= 0.3 is 0 Å². The summed E-state index contributed by atoms with van der Waals surface area (Å²) in [6, 6.07) is 2.14. The summed E-state index contributed by atoms with van der Waals surface area (Å²) in [4.78, 5) is 7.10. The molecule has 2 unspecified atom stereocenters. The minimum absolute atomic E-state index is 0.663. The molecule has 1 N–H and O–H groups in total. The maximum Gasteiger partial charge on any atom is 0.205 e. The van der Waals surface area contributed by atoms with Gasteiger partial charge in [0, 0.05) is 36.2 Å². The minimum Gasteiger partial charge on any atom is -0.344 e. The number of hydrogen-bond donors (Lipinski definition) is 1. The Morgan fingerprint density at radius 3 is 2.61 bits per heavy atom. The van der Waals surface area contributed by atoms with E-state index in [4.69, 9.17) is 0 Å². The molecule has 0 radical (unpaired) electrons. The van der Waals surface area contributed by atoms with Gasteiger partial charge in [-0.25, -0.2) is 4.98 Å². The molecular weight excluding hydrogens is 244 g/mol. The normalized spacial score (nSPS) is 30.7. The number of piperidine rings is 1. The van der Waals surface area contributed by atoms with Crippen molar-refractivity contribution in [3.05, 3.63) is 5.82 Å². The number of aryl methyl sites for hydroxylation is 1. The third-order valence-corrected chi connectivity index (χ3v) is 4.96. The summed E-state index contributed by atoms with van der Waals surface area (Å²) in [7, 11) is 0. The van der Waals surface area contributed by atoms with Crippen molar-refractivity contribution in [3.63, 3.8) is 0 Å². The highest BCUT2D eigenvalue weighted by Crippen LogP contribution is 2.32. The molecule has 3 heterocycles. The van der Waals surface area contributed by atoms with E-state index in [1.54, 1.807) is 11.5 Å². The molecule has 0 spiro atoms. The van der Waals surface area contributed by atoms with Crippen LogP contribution >= 0.6 is 11.5 Å². The number of anilines is 1. The maximum absolute atomic E-state index is 4.59. The standard InChI is InChI=1S/C13H22N4S/c1-3-6-17(13-14-9(2)16-18-13)12-7-10-4-5-11(8-12)15-10/h10-12,15H,3-8H2,1-2H3. The molecule has 2 bridgehead atoms. The third kappa shape index (κ3) is 2.38. The van der Waals surface area contributed by atoms with Gasteiger partial charge in [-0.1, -0.05) is 6.92 Å². The molecule has 2 aliphatic rings. The molecule has 3 rings (SSSR count). The number of nitrogens with one attached hydrogen (secondary N) is 1. The summed E-state index contributed by atoms with van der Waals surface area (Å²) in [5.74, 6) is 0.910. The Balaban J connectivity index is 1.77. The molecule has 0 aliphatic carbocycles. The topological polar surface area (TPSA) is 41.1 Å². The Kier molecular flexibility index (Phi) is 3.52. The Labute approximate surface area is 113 Å². The van der Waals surface area contributed by atoms with Crippen LogP contribution in [0.5, 0.6) is 0 Å². The van der Waals surface area contributed by atoms with Crippen molar-refractivity contribution in [3.8, 4) is 0 Å². The number of hydrogen-bond acceptors (Lipinski definition) is 5. The van der Waals surface area contributed by atoms with E-state index in [1.807, 2.05) is 6.92 Å². The zero-order valence-electron chi connectivity index (χ0n) is 11.2. The first-order chi connectivity index (χ1) is 8.76. The summed E-state index contributed by atoms with van der Waals surface area (Å²) in [5, 5.41) is 4.84. The lowest BCUT2D eigenvalue weighted by atomic mass is 9.98. The van der Waals surface area contributed by atoms with Gasteiger partial charge in [0.1, 0.15) is 5.82 Å². The van der Waals surface area contributed by atoms with Gasteiger partial charge in [0.2, 0.25) is 5.13 Å². The Morgan fingerprint density at radius 1 is 1.33 bits per heavy atom. The molecular formula is C13H22N4S. The van der Waals surface area contributed by atoms with E-state index in [1.165, 1.54) is 32.1 Å². The van der Waals surface area contributed by atoms with Crippen molar-refractivity contribution in [1.29, 1.82) is 0 Å². The quantitative estimate of drug-likeness (QED) is 0.908. The summed E-state index contributed by atoms with van der Waals surface area (Å²) < 4.78 is 4.34. The lowest BCUT2D eigenvalue weighted by Crippen LogP contribution is -2.48. The van der Waals surface area contributed by atoms with Gasteiger partial charge in [0.25, 0.3) is 0 Å². The van der Waals surface area contributed by atoms with Gasteiger partial charge < -0.3 is 10.2 Å². The van der Waals surface area contributed by atoms with Gasteiger partial charge in [-0.3, -0.25) is 0 Å². The second-order valence-corrected chi connectivity index (χ2v) is 6.31. The first kappa shape index (κ1) is 12.4. The molecule has 2 atom stereocenters. The van der Waals surface area contributed by atoms with Gasteiger partial charge in [0.15, 0.2) is 0 Å². The van der Waals surface area contributed by atoms with Crippen LogP contribution in [0.1, 0.15) is 44.9 Å². The molecule has 2 fully saturated rings. The van der Waals surface area contributed by atoms with Crippen molar-refractivity contribution in [2.75, 3.05) is 11.4 Å². The first-order valence-electron chi connectivity index (χ1n) is 7.09. The molecule has 100 valence electrons. The van der Waals surface area contributed by atoms with Crippen molar-refractivity contribution in [2.24, 2.45) is 0 Å². The van der Waals surface area contributed by atoms with Crippen LogP contribution in [0.25, 0.3) is 0 Å². The van der Waals surface area contributed by atoms with E-state index in [0.29, 0.717) is 6.04 Å². The van der Waals surface area contributed by atoms with Crippen LogP contribution in [0.3, 0.4) is 0 Å². The number of rotatable bonds is 4. The van der Waals surface area contributed by atoms with E-state index >= 15 is 0 Å². The molecule has 2 aliphatic heterocycles. The van der Waals surface area contributed by atoms with Crippen LogP contribution in [0.15, 0.2) is 0 Å². The van der Waals surface area contributed by atoms with Crippen LogP contribution < -0.4 is 10.2 Å². The summed E-state index contributed by atoms with van der Waals surface area (Å²) in [6.07, 6.45) is 6.44. The molecule has 5 heteroatoms. The fraction of sp³-hybridized carbons (Fsp3) is 0.846. The molecule has 4 nitrogen and oxygen atoms in total. The molecule has 1 aromatic rings. The number of aromatic nitrogens is 2. The van der Waals surface area contributed by atoms with Gasteiger partial charge in [-0.15, -0.1) is 0 Å². The zero-order valence-corrected chi connectivity index (χ0v) is 12.0. The predicted molar refractivity (Wildman–Crippen MR) is 75.3 cm³/mol. The van der Waals surface area contributed by atoms with Crippen LogP contribution in [-0.4, -0.2) is 34.0 Å². The smallest absolute Gasteiger partial charge is 0.205 e. The average molecular weight is 266 g/mol. The molecule has 1 aromatic heterocycles. The molecule has 18 heavy (non-hydrogen) atoms. The van der Waals surface area contributed by atoms with Crippen LogP contribution in [0, 0.1) is 6.92 Å². The first-order valence-corrected chi connectivity index (χ1v) is 7.86. The highest BCUT2D eigenvalue weighted by molar-refractivity contribution is 7.09. The Hall–Kier alpha value is -0.680. The highest BCUT2D eigenvalue weighted by Gasteiger charge is 2.36. The third-order valence-electron chi connectivity index (χ3n) is 4.12. The number of nitrogens with zero attached hydrogens (tertiary/aromatic N) is 3. The van der Waals surface area contributed by atoms with Crippen molar-refractivity contribution >= 4 is 16.7 Å². The maximum atomic E-state index is 4.59. The van der Waals surface area contributed by atoms with Crippen molar-refractivity contribution in [2.45, 2.75) is 64.1 Å². The van der Waals surface area contributed by atoms with E-state index < -0.39 is 0 Å². The van der Waals surface area contributed by atoms with Gasteiger partial charge in [0.05, 0.1) is 0 Å². The summed E-state index contributed by atoms with van der Waals surface area (Å²) >= 11 is 1.56. The zero-order chi connectivity index (χ0) is 12.5. The lowest BCUT2D eigenvalue weighted by molar-refractivity contribution is 0.346. The molecule has 0 aromatic carbocycles. The monoisotopic (exact) mass is 266 g/mol. The minimum atomic E-state index is 0.663. The summed E-state index contributed by atoms with van der Waals surface area (Å²) in [5.41, 5.74) is 0. The van der Waals surface area contributed by atoms with Crippen molar-refractivity contribution < 1.29 is 0 Å². The van der Waals surface area contributed by atoms with E-state index in [2.05, 4.69) is 26.5 Å². The molecule has 0 amide bonds. The lowest BCUT2D eigenvalue weighted by Gasteiger charge is -2.37. The van der Waals surface area contributed by atoms with E-state index in [9.17, 15) is 0 Å². The molecule has 0 saturated carbocycles. The van der Waals surface area contributed by atoms with E-state index in [0.717, 1.165) is 29.6 Å². The number of fused-ring (bicyclic) bond motifs is 2. The fourth-order valence-corrected chi connectivity index (χ4v) is 4.13. The van der Waals surface area contributed by atoms with Gasteiger partial charge in [-0.05, 0) is 39.0 Å².